The molecule has 0 heterocycles. The van der Waals surface area contributed by atoms with Crippen LogP contribution in [0.2, 0.25) is 0 Å². The molecule has 104 valence electrons. The third-order valence-electron chi connectivity index (χ3n) is 2.95. The van der Waals surface area contributed by atoms with Crippen molar-refractivity contribution in [2.24, 2.45) is 0 Å². The first-order valence-corrected chi connectivity index (χ1v) is 6.95. The second kappa shape index (κ2) is 6.70. The Hall–Kier alpha value is -1.36. The summed E-state index contributed by atoms with van der Waals surface area (Å²) in [6, 6.07) is 6.86. The average Bonchev–Trinajstić information content (AvgIpc) is 2.36. The lowest BCUT2D eigenvalue weighted by Gasteiger charge is -2.28. The van der Waals surface area contributed by atoms with Crippen molar-refractivity contribution in [3.63, 3.8) is 0 Å². The molecule has 19 heavy (non-hydrogen) atoms. The van der Waals surface area contributed by atoms with Crippen LogP contribution in [0.1, 0.15) is 32.3 Å². The maximum atomic E-state index is 12.2. The predicted molar refractivity (Wildman–Crippen MR) is 75.0 cm³/mol. The molecule has 1 aromatic carbocycles. The fraction of sp³-hybridized carbons (Fsp3) is 0.429. The molecule has 1 N–H and O–H groups in total. The van der Waals surface area contributed by atoms with Gasteiger partial charge in [0, 0.05) is 4.47 Å². The molecular formula is C14H17BrO4. The molecule has 1 aromatic rings. The predicted octanol–water partition coefficient (Wildman–Crippen LogP) is 3.13. The summed E-state index contributed by atoms with van der Waals surface area (Å²) in [6.45, 7) is 3.66. The Morgan fingerprint density at radius 1 is 1.32 bits per heavy atom. The molecule has 0 aliphatic rings. The van der Waals surface area contributed by atoms with Crippen LogP contribution in [0.25, 0.3) is 0 Å². The molecule has 4 nitrogen and oxygen atoms in total. The number of carbonyl (C=O) groups is 2. The molecule has 0 spiro atoms. The van der Waals surface area contributed by atoms with Crippen molar-refractivity contribution < 1.29 is 19.4 Å². The lowest BCUT2D eigenvalue weighted by atomic mass is 9.76. The number of carboxylic acid groups (broad SMARTS) is 1. The first-order valence-electron chi connectivity index (χ1n) is 6.16. The maximum absolute atomic E-state index is 12.2. The molecule has 0 aliphatic heterocycles. The van der Waals surface area contributed by atoms with Crippen LogP contribution in [0.5, 0.6) is 0 Å². The molecule has 0 aliphatic carbocycles. The number of hydrogen-bond acceptors (Lipinski definition) is 3. The monoisotopic (exact) mass is 328 g/mol. The summed E-state index contributed by atoms with van der Waals surface area (Å²) in [4.78, 5) is 24.0. The van der Waals surface area contributed by atoms with E-state index in [1.54, 1.807) is 31.2 Å². The van der Waals surface area contributed by atoms with Crippen LogP contribution in [0.15, 0.2) is 28.7 Å². The van der Waals surface area contributed by atoms with E-state index in [1.807, 2.05) is 6.92 Å². The first-order chi connectivity index (χ1) is 9.00. The van der Waals surface area contributed by atoms with E-state index in [-0.39, 0.29) is 13.0 Å². The quantitative estimate of drug-likeness (QED) is 0.643. The first kappa shape index (κ1) is 15.7. The van der Waals surface area contributed by atoms with Crippen LogP contribution in [0.3, 0.4) is 0 Å². The number of aliphatic carboxylic acids is 1. The molecule has 1 unspecified atom stereocenters. The van der Waals surface area contributed by atoms with Crippen LogP contribution in [-0.4, -0.2) is 23.7 Å². The highest BCUT2D eigenvalue weighted by atomic mass is 79.9. The van der Waals surface area contributed by atoms with Gasteiger partial charge in [-0.1, -0.05) is 47.5 Å². The van der Waals surface area contributed by atoms with Crippen molar-refractivity contribution in [3.05, 3.63) is 34.3 Å². The fourth-order valence-corrected chi connectivity index (χ4v) is 2.72. The average molecular weight is 329 g/mol. The largest absolute Gasteiger partial charge is 0.480 e. The zero-order valence-electron chi connectivity index (χ0n) is 11.0. The number of ether oxygens (including phenoxy) is 1. The van der Waals surface area contributed by atoms with Gasteiger partial charge in [-0.3, -0.25) is 9.59 Å². The minimum absolute atomic E-state index is 0.155. The summed E-state index contributed by atoms with van der Waals surface area (Å²) < 4.78 is 5.59. The van der Waals surface area contributed by atoms with Gasteiger partial charge in [0.15, 0.2) is 5.41 Å². The molecule has 5 heteroatoms. The fourth-order valence-electron chi connectivity index (χ4n) is 2.09. The van der Waals surface area contributed by atoms with Crippen LogP contribution in [0.4, 0.5) is 0 Å². The molecule has 0 fully saturated rings. The van der Waals surface area contributed by atoms with Gasteiger partial charge < -0.3 is 9.84 Å². The van der Waals surface area contributed by atoms with Crippen LogP contribution >= 0.6 is 15.9 Å². The highest BCUT2D eigenvalue weighted by molar-refractivity contribution is 9.10. The normalized spacial score (nSPS) is 13.6. The maximum Gasteiger partial charge on any atom is 0.328 e. The van der Waals surface area contributed by atoms with E-state index in [9.17, 15) is 14.7 Å². The van der Waals surface area contributed by atoms with Gasteiger partial charge in [-0.15, -0.1) is 0 Å². The van der Waals surface area contributed by atoms with Crippen molar-refractivity contribution in [2.75, 3.05) is 6.61 Å². The van der Waals surface area contributed by atoms with E-state index >= 15 is 0 Å². The molecule has 0 saturated carbocycles. The van der Waals surface area contributed by atoms with Gasteiger partial charge in [-0.2, -0.15) is 0 Å². The van der Waals surface area contributed by atoms with Crippen LogP contribution in [0, 0.1) is 0 Å². The standard InChI is InChI=1S/C14H17BrO4/c1-3-9-14(12(16)17,13(18)19-4-2)10-7-5-6-8-11(10)15/h5-8H,3-4,9H2,1-2H3,(H,16,17). The number of benzene rings is 1. The number of carboxylic acids is 1. The summed E-state index contributed by atoms with van der Waals surface area (Å²) in [5.74, 6) is -1.89. The zero-order chi connectivity index (χ0) is 14.5. The molecule has 1 rings (SSSR count). The van der Waals surface area contributed by atoms with Gasteiger partial charge in [-0.25, -0.2) is 0 Å². The van der Waals surface area contributed by atoms with Crippen molar-refractivity contribution in [2.45, 2.75) is 32.1 Å². The Kier molecular flexibility index (Phi) is 5.54. The van der Waals surface area contributed by atoms with E-state index in [0.29, 0.717) is 16.5 Å². The van der Waals surface area contributed by atoms with E-state index in [1.165, 1.54) is 0 Å². The van der Waals surface area contributed by atoms with Gasteiger partial charge in [0.1, 0.15) is 0 Å². The molecular weight excluding hydrogens is 312 g/mol. The van der Waals surface area contributed by atoms with Crippen molar-refractivity contribution in [3.8, 4) is 0 Å². The summed E-state index contributed by atoms with van der Waals surface area (Å²) in [5, 5.41) is 9.61. The van der Waals surface area contributed by atoms with E-state index in [0.717, 1.165) is 0 Å². The van der Waals surface area contributed by atoms with Crippen LogP contribution < -0.4 is 0 Å². The van der Waals surface area contributed by atoms with Crippen molar-refractivity contribution in [1.82, 2.24) is 0 Å². The highest BCUT2D eigenvalue weighted by Gasteiger charge is 2.49. The lowest BCUT2D eigenvalue weighted by molar-refractivity contribution is -0.162. The number of esters is 1. The Morgan fingerprint density at radius 3 is 2.42 bits per heavy atom. The highest BCUT2D eigenvalue weighted by Crippen LogP contribution is 2.36. The number of hydrogen-bond donors (Lipinski definition) is 1. The van der Waals surface area contributed by atoms with Crippen molar-refractivity contribution >= 4 is 27.9 Å². The van der Waals surface area contributed by atoms with Gasteiger partial charge >= 0.3 is 11.9 Å². The van der Waals surface area contributed by atoms with E-state index in [4.69, 9.17) is 4.74 Å². The second-order valence-corrected chi connectivity index (χ2v) is 5.02. The molecule has 0 radical (unpaired) electrons. The minimum atomic E-state index is -1.65. The third-order valence-corrected chi connectivity index (χ3v) is 3.64. The Bertz CT molecular complexity index is 472. The molecule has 1 atom stereocenters. The summed E-state index contributed by atoms with van der Waals surface area (Å²) in [5.41, 5.74) is -1.21. The minimum Gasteiger partial charge on any atom is -0.480 e. The Balaban J connectivity index is 3.44. The topological polar surface area (TPSA) is 63.6 Å². The Labute approximate surface area is 120 Å². The zero-order valence-corrected chi connectivity index (χ0v) is 12.6. The number of halogens is 1. The Morgan fingerprint density at radius 2 is 1.95 bits per heavy atom. The smallest absolute Gasteiger partial charge is 0.328 e. The van der Waals surface area contributed by atoms with E-state index < -0.39 is 17.4 Å². The summed E-state index contributed by atoms with van der Waals surface area (Å²) in [7, 11) is 0. The van der Waals surface area contributed by atoms with Gasteiger partial charge in [0.05, 0.1) is 6.61 Å². The molecule has 0 aromatic heterocycles. The number of rotatable bonds is 6. The lowest BCUT2D eigenvalue weighted by Crippen LogP contribution is -2.45. The third kappa shape index (κ3) is 2.97. The van der Waals surface area contributed by atoms with Crippen LogP contribution in [-0.2, 0) is 19.7 Å². The van der Waals surface area contributed by atoms with Gasteiger partial charge in [0.2, 0.25) is 0 Å². The summed E-state index contributed by atoms with van der Waals surface area (Å²) in [6.07, 6.45) is 0.760. The van der Waals surface area contributed by atoms with Crippen molar-refractivity contribution in [1.29, 1.82) is 0 Å². The molecule has 0 saturated heterocycles. The van der Waals surface area contributed by atoms with Gasteiger partial charge in [0.25, 0.3) is 0 Å². The molecule has 0 amide bonds. The SMILES string of the molecule is CCCC(C(=O)O)(C(=O)OCC)c1ccccc1Br. The molecule has 0 bridgehead atoms. The van der Waals surface area contributed by atoms with E-state index in [2.05, 4.69) is 15.9 Å². The van der Waals surface area contributed by atoms with Gasteiger partial charge in [-0.05, 0) is 25.0 Å². The second-order valence-electron chi connectivity index (χ2n) is 4.16. The number of carbonyl (C=O) groups excluding carboxylic acids is 1. The summed E-state index contributed by atoms with van der Waals surface area (Å²) >= 11 is 3.32.